The van der Waals surface area contributed by atoms with Gasteiger partial charge in [0.2, 0.25) is 0 Å². The summed E-state index contributed by atoms with van der Waals surface area (Å²) in [5.41, 5.74) is 7.02. The molecule has 0 atom stereocenters. The van der Waals surface area contributed by atoms with Gasteiger partial charge in [-0.2, -0.15) is 0 Å². The maximum Gasteiger partial charge on any atom is 0.159 e. The average Bonchev–Trinajstić information content (AvgIpc) is 2.48. The Morgan fingerprint density at radius 1 is 1.05 bits per heavy atom. The van der Waals surface area contributed by atoms with Gasteiger partial charge < -0.3 is 10.6 Å². The molecule has 110 valence electrons. The van der Waals surface area contributed by atoms with E-state index < -0.39 is 11.6 Å². The van der Waals surface area contributed by atoms with Gasteiger partial charge in [0.05, 0.1) is 5.84 Å². The Hall–Kier alpha value is -2.43. The zero-order chi connectivity index (χ0) is 15.2. The second-order valence-corrected chi connectivity index (χ2v) is 4.78. The minimum absolute atomic E-state index is 0.0983. The van der Waals surface area contributed by atoms with E-state index >= 15 is 0 Å². The standard InChI is InChI=1S/C16H17F2N3/c17-14-7-6-12(10-15(14)18)11-21(9-8-16(19)20)13-4-2-1-3-5-13/h1-7,10H,8-9,11H2,(H3,19,20). The highest BCUT2D eigenvalue weighted by Gasteiger charge is 2.10. The smallest absolute Gasteiger partial charge is 0.159 e. The van der Waals surface area contributed by atoms with Crippen molar-refractivity contribution in [2.75, 3.05) is 11.4 Å². The Kier molecular flexibility index (Phi) is 4.87. The number of anilines is 1. The molecule has 21 heavy (non-hydrogen) atoms. The second-order valence-electron chi connectivity index (χ2n) is 4.78. The van der Waals surface area contributed by atoms with E-state index in [4.69, 9.17) is 11.1 Å². The summed E-state index contributed by atoms with van der Waals surface area (Å²) in [4.78, 5) is 1.98. The van der Waals surface area contributed by atoms with Gasteiger partial charge in [-0.1, -0.05) is 24.3 Å². The number of nitrogens with two attached hydrogens (primary N) is 1. The number of hydrogen-bond donors (Lipinski definition) is 2. The maximum atomic E-state index is 13.3. The molecule has 0 aliphatic heterocycles. The molecule has 0 radical (unpaired) electrons. The molecule has 3 N–H and O–H groups in total. The van der Waals surface area contributed by atoms with E-state index in [1.165, 1.54) is 6.07 Å². The van der Waals surface area contributed by atoms with Crippen LogP contribution in [0.2, 0.25) is 0 Å². The first kappa shape index (κ1) is 15.0. The quantitative estimate of drug-likeness (QED) is 0.633. The van der Waals surface area contributed by atoms with Gasteiger partial charge in [0.25, 0.3) is 0 Å². The predicted molar refractivity (Wildman–Crippen MR) is 80.4 cm³/mol. The van der Waals surface area contributed by atoms with Crippen molar-refractivity contribution in [2.24, 2.45) is 5.73 Å². The van der Waals surface area contributed by atoms with Crippen molar-refractivity contribution in [1.29, 1.82) is 5.41 Å². The van der Waals surface area contributed by atoms with Gasteiger partial charge in [-0.05, 0) is 29.8 Å². The van der Waals surface area contributed by atoms with Crippen LogP contribution in [0, 0.1) is 17.0 Å². The van der Waals surface area contributed by atoms with Crippen LogP contribution in [0.3, 0.4) is 0 Å². The van der Waals surface area contributed by atoms with Crippen LogP contribution in [-0.2, 0) is 6.54 Å². The fourth-order valence-corrected chi connectivity index (χ4v) is 2.05. The molecule has 5 heteroatoms. The predicted octanol–water partition coefficient (Wildman–Crippen LogP) is 3.30. The highest BCUT2D eigenvalue weighted by atomic mass is 19.2. The first-order valence-electron chi connectivity index (χ1n) is 6.63. The van der Waals surface area contributed by atoms with Crippen LogP contribution in [0.5, 0.6) is 0 Å². The molecule has 2 rings (SSSR count). The molecule has 0 amide bonds. The molecule has 2 aromatic carbocycles. The highest BCUT2D eigenvalue weighted by Crippen LogP contribution is 2.18. The SMILES string of the molecule is N=C(N)CCN(Cc1ccc(F)c(F)c1)c1ccccc1. The molecule has 0 aromatic heterocycles. The van der Waals surface area contributed by atoms with Crippen molar-refractivity contribution in [2.45, 2.75) is 13.0 Å². The molecule has 0 unspecified atom stereocenters. The lowest BCUT2D eigenvalue weighted by Gasteiger charge is -2.25. The molecule has 0 bridgehead atoms. The first-order chi connectivity index (χ1) is 10.1. The Bertz CT molecular complexity index is 614. The van der Waals surface area contributed by atoms with Gasteiger partial charge in [0.15, 0.2) is 11.6 Å². The van der Waals surface area contributed by atoms with E-state index in [9.17, 15) is 8.78 Å². The molecule has 0 spiro atoms. The van der Waals surface area contributed by atoms with Crippen LogP contribution < -0.4 is 10.6 Å². The summed E-state index contributed by atoms with van der Waals surface area (Å²) < 4.78 is 26.3. The normalized spacial score (nSPS) is 10.4. The fourth-order valence-electron chi connectivity index (χ4n) is 2.05. The minimum Gasteiger partial charge on any atom is -0.388 e. The Labute approximate surface area is 122 Å². The van der Waals surface area contributed by atoms with Crippen molar-refractivity contribution in [3.8, 4) is 0 Å². The lowest BCUT2D eigenvalue weighted by molar-refractivity contribution is 0.507. The van der Waals surface area contributed by atoms with E-state index in [1.54, 1.807) is 6.07 Å². The van der Waals surface area contributed by atoms with Crippen molar-refractivity contribution >= 4 is 11.5 Å². The topological polar surface area (TPSA) is 53.1 Å². The number of rotatable bonds is 6. The number of amidine groups is 1. The molecule has 0 aliphatic rings. The van der Waals surface area contributed by atoms with E-state index in [0.29, 0.717) is 25.1 Å². The van der Waals surface area contributed by atoms with Crippen molar-refractivity contribution in [3.05, 3.63) is 65.7 Å². The molecule has 0 saturated heterocycles. The van der Waals surface area contributed by atoms with Crippen LogP contribution in [0.25, 0.3) is 0 Å². The Morgan fingerprint density at radius 3 is 2.38 bits per heavy atom. The summed E-state index contributed by atoms with van der Waals surface area (Å²) in [6.07, 6.45) is 0.415. The number of nitrogens with one attached hydrogen (secondary N) is 1. The molecular weight excluding hydrogens is 272 g/mol. The van der Waals surface area contributed by atoms with E-state index in [2.05, 4.69) is 0 Å². The Balaban J connectivity index is 2.18. The highest BCUT2D eigenvalue weighted by molar-refractivity contribution is 5.77. The summed E-state index contributed by atoms with van der Waals surface area (Å²) >= 11 is 0. The van der Waals surface area contributed by atoms with Crippen LogP contribution in [0.15, 0.2) is 48.5 Å². The third kappa shape index (κ3) is 4.27. The zero-order valence-corrected chi connectivity index (χ0v) is 11.5. The molecule has 2 aromatic rings. The number of hydrogen-bond acceptors (Lipinski definition) is 2. The van der Waals surface area contributed by atoms with Gasteiger partial charge in [-0.25, -0.2) is 8.78 Å². The van der Waals surface area contributed by atoms with Crippen molar-refractivity contribution < 1.29 is 8.78 Å². The van der Waals surface area contributed by atoms with E-state index in [-0.39, 0.29) is 5.84 Å². The second kappa shape index (κ2) is 6.83. The average molecular weight is 289 g/mol. The van der Waals surface area contributed by atoms with Crippen LogP contribution in [0.1, 0.15) is 12.0 Å². The van der Waals surface area contributed by atoms with Crippen molar-refractivity contribution in [3.63, 3.8) is 0 Å². The monoisotopic (exact) mass is 289 g/mol. The zero-order valence-electron chi connectivity index (χ0n) is 11.5. The largest absolute Gasteiger partial charge is 0.388 e. The van der Waals surface area contributed by atoms with Crippen LogP contribution >= 0.6 is 0 Å². The molecule has 0 heterocycles. The molecule has 0 saturated carbocycles. The van der Waals surface area contributed by atoms with Gasteiger partial charge in [-0.15, -0.1) is 0 Å². The van der Waals surface area contributed by atoms with Gasteiger partial charge in [-0.3, -0.25) is 5.41 Å². The molecular formula is C16H17F2N3. The van der Waals surface area contributed by atoms with E-state index in [1.807, 2.05) is 35.2 Å². The molecule has 0 fully saturated rings. The van der Waals surface area contributed by atoms with Crippen LogP contribution in [-0.4, -0.2) is 12.4 Å². The first-order valence-corrected chi connectivity index (χ1v) is 6.63. The van der Waals surface area contributed by atoms with E-state index in [0.717, 1.165) is 11.8 Å². The summed E-state index contributed by atoms with van der Waals surface area (Å²) in [6, 6.07) is 13.5. The Morgan fingerprint density at radius 2 is 1.76 bits per heavy atom. The third-order valence-corrected chi connectivity index (χ3v) is 3.13. The summed E-state index contributed by atoms with van der Waals surface area (Å²) in [6.45, 7) is 0.965. The van der Waals surface area contributed by atoms with Gasteiger partial charge in [0, 0.05) is 25.2 Å². The van der Waals surface area contributed by atoms with Gasteiger partial charge in [0.1, 0.15) is 0 Å². The fraction of sp³-hybridized carbons (Fsp3) is 0.188. The lowest BCUT2D eigenvalue weighted by atomic mass is 10.1. The summed E-state index contributed by atoms with van der Waals surface area (Å²) in [5, 5.41) is 7.33. The number of halogens is 2. The molecule has 0 aliphatic carbocycles. The van der Waals surface area contributed by atoms with Crippen molar-refractivity contribution in [1.82, 2.24) is 0 Å². The molecule has 3 nitrogen and oxygen atoms in total. The summed E-state index contributed by atoms with van der Waals surface area (Å²) in [7, 11) is 0. The minimum atomic E-state index is -0.855. The summed E-state index contributed by atoms with van der Waals surface area (Å²) in [5.74, 6) is -1.61. The third-order valence-electron chi connectivity index (χ3n) is 3.13. The van der Waals surface area contributed by atoms with Crippen LogP contribution in [0.4, 0.5) is 14.5 Å². The van der Waals surface area contributed by atoms with Gasteiger partial charge >= 0.3 is 0 Å². The number of para-hydroxylation sites is 1. The number of nitrogens with zero attached hydrogens (tertiary/aromatic N) is 1. The lowest BCUT2D eigenvalue weighted by Crippen LogP contribution is -2.27. The number of benzene rings is 2. The maximum absolute atomic E-state index is 13.3.